The number of ether oxygens (including phenoxy) is 11. The van der Waals surface area contributed by atoms with E-state index in [0.29, 0.717) is 44.0 Å². The molecule has 6 unspecified atom stereocenters. The van der Waals surface area contributed by atoms with Gasteiger partial charge < -0.3 is 61.7 Å². The number of carbonyl (C=O) groups excluding carboxylic acids is 1. The summed E-state index contributed by atoms with van der Waals surface area (Å²) in [7, 11) is 11.8. The summed E-state index contributed by atoms with van der Waals surface area (Å²) in [6.07, 6.45) is 25.1. The van der Waals surface area contributed by atoms with E-state index in [4.69, 9.17) is 57.2 Å². The van der Waals surface area contributed by atoms with Crippen molar-refractivity contribution >= 4 is 12.3 Å². The molecule has 0 aliphatic rings. The zero-order valence-corrected chi connectivity index (χ0v) is 53.2. The average molecular weight is 1170 g/mol. The van der Waals surface area contributed by atoms with Crippen molar-refractivity contribution in [2.24, 2.45) is 11.8 Å². The Balaban J connectivity index is 0.000000570. The van der Waals surface area contributed by atoms with Crippen molar-refractivity contribution in [2.45, 2.75) is 170 Å². The molecule has 1 N–H and O–H groups in total. The lowest BCUT2D eigenvalue weighted by molar-refractivity contribution is -0.874. The Kier molecular flexibility index (Phi) is 41.9. The number of methoxy groups -OCH3 is 3. The van der Waals surface area contributed by atoms with Crippen LogP contribution in [0.2, 0.25) is 0 Å². The third kappa shape index (κ3) is 39.3. The van der Waals surface area contributed by atoms with E-state index in [0.717, 1.165) is 89.2 Å². The highest BCUT2D eigenvalue weighted by molar-refractivity contribution is 5.74. The SMILES string of the molecule is CCC(C)O/C=C\Oc1ccc(C=O)cc1.CCC(CCCC(C)O/C=C\OCc1ccc(OC)cc1)C(=O)O.CCC(CCCC(C)O/C=C\OCc1ccc(OC)cc1)C[N+](C)(C)C.CCCC(C)O/C=C\OCc1ccc(OC)cc1. The van der Waals surface area contributed by atoms with Crippen molar-refractivity contribution in [1.29, 1.82) is 0 Å². The molecule has 4 rings (SSSR count). The van der Waals surface area contributed by atoms with E-state index in [-0.39, 0.29) is 30.3 Å². The number of rotatable bonds is 39. The Labute approximate surface area is 505 Å². The number of carboxylic acid groups (broad SMARTS) is 1. The largest absolute Gasteiger partial charge is 0.497 e. The zero-order chi connectivity index (χ0) is 62.2. The Morgan fingerprint density at radius 2 is 0.845 bits per heavy atom. The third-order valence-corrected chi connectivity index (χ3v) is 13.1. The second-order valence-electron chi connectivity index (χ2n) is 21.4. The number of carbonyl (C=O) groups is 2. The molecule has 0 radical (unpaired) electrons. The molecule has 0 saturated heterocycles. The Hall–Kier alpha value is -7.26. The zero-order valence-electron chi connectivity index (χ0n) is 53.2. The number of benzene rings is 4. The van der Waals surface area contributed by atoms with Crippen LogP contribution < -0.4 is 18.9 Å². The molecule has 15 heteroatoms. The van der Waals surface area contributed by atoms with E-state index < -0.39 is 5.97 Å². The molecule has 0 aromatic heterocycles. The van der Waals surface area contributed by atoms with Gasteiger partial charge in [0.15, 0.2) is 0 Å². The minimum absolute atomic E-state index is 0.0390. The number of hydrogen-bond donors (Lipinski definition) is 1. The molecule has 0 fully saturated rings. The van der Waals surface area contributed by atoms with Crippen molar-refractivity contribution in [2.75, 3.05) is 49.0 Å². The monoisotopic (exact) mass is 1170 g/mol. The van der Waals surface area contributed by atoms with Gasteiger partial charge >= 0.3 is 5.97 Å². The molecule has 0 heterocycles. The van der Waals surface area contributed by atoms with Crippen LogP contribution in [0.15, 0.2) is 147 Å². The van der Waals surface area contributed by atoms with E-state index >= 15 is 0 Å². The maximum atomic E-state index is 10.9. The summed E-state index contributed by atoms with van der Waals surface area (Å²) in [4.78, 5) is 21.3. The average Bonchev–Trinajstić information content (AvgIpc) is 3.52. The van der Waals surface area contributed by atoms with Crippen LogP contribution in [0.1, 0.15) is 153 Å². The van der Waals surface area contributed by atoms with Crippen LogP contribution >= 0.6 is 0 Å². The van der Waals surface area contributed by atoms with Crippen LogP contribution in [-0.4, -0.2) is 95.3 Å². The van der Waals surface area contributed by atoms with Crippen LogP contribution in [-0.2, 0) is 57.8 Å². The third-order valence-electron chi connectivity index (χ3n) is 13.1. The maximum absolute atomic E-state index is 10.9. The lowest BCUT2D eigenvalue weighted by atomic mass is 9.97. The van der Waals surface area contributed by atoms with Gasteiger partial charge in [-0.2, -0.15) is 0 Å². The minimum atomic E-state index is -0.710. The number of quaternary nitrogens is 1. The molecule has 6 atom stereocenters. The number of nitrogens with zero attached hydrogens (tertiary/aromatic N) is 1. The van der Waals surface area contributed by atoms with Crippen LogP contribution in [0, 0.1) is 11.8 Å². The number of carboxylic acids is 1. The number of hydrogen-bond acceptors (Lipinski definition) is 13. The second kappa shape index (κ2) is 47.1. The van der Waals surface area contributed by atoms with Crippen LogP contribution in [0.3, 0.4) is 0 Å². The van der Waals surface area contributed by atoms with Crippen molar-refractivity contribution < 1.29 is 71.3 Å². The van der Waals surface area contributed by atoms with Gasteiger partial charge in [0.2, 0.25) is 0 Å². The van der Waals surface area contributed by atoms with E-state index in [1.165, 1.54) is 44.6 Å². The van der Waals surface area contributed by atoms with Gasteiger partial charge in [-0.25, -0.2) is 0 Å². The van der Waals surface area contributed by atoms with Gasteiger partial charge in [0.25, 0.3) is 0 Å². The maximum Gasteiger partial charge on any atom is 0.306 e. The normalized spacial score (nSPS) is 13.3. The fraction of sp³-hybridized carbons (Fsp3) is 0.507. The smallest absolute Gasteiger partial charge is 0.306 e. The van der Waals surface area contributed by atoms with Crippen molar-refractivity contribution in [3.8, 4) is 23.0 Å². The highest BCUT2D eigenvalue weighted by Gasteiger charge is 2.17. The first-order valence-corrected chi connectivity index (χ1v) is 29.6. The molecule has 0 amide bonds. The summed E-state index contributed by atoms with van der Waals surface area (Å²) in [5.41, 5.74) is 3.88. The number of aldehydes is 1. The summed E-state index contributed by atoms with van der Waals surface area (Å²) in [6.45, 7) is 19.3. The van der Waals surface area contributed by atoms with Gasteiger partial charge in [-0.3, -0.25) is 9.59 Å². The fourth-order valence-corrected chi connectivity index (χ4v) is 7.87. The second-order valence-corrected chi connectivity index (χ2v) is 21.4. The summed E-state index contributed by atoms with van der Waals surface area (Å²) in [6, 6.07) is 30.2. The highest BCUT2D eigenvalue weighted by atomic mass is 16.5. The number of aliphatic carboxylic acids is 1. The molecule has 0 aliphatic carbocycles. The van der Waals surface area contributed by atoms with Gasteiger partial charge in [-0.05, 0) is 169 Å². The van der Waals surface area contributed by atoms with Gasteiger partial charge in [-0.1, -0.05) is 70.5 Å². The lowest BCUT2D eigenvalue weighted by Gasteiger charge is -2.29. The molecular formula is C69H104NO14+. The van der Waals surface area contributed by atoms with Gasteiger partial charge in [0, 0.05) is 11.5 Å². The van der Waals surface area contributed by atoms with E-state index in [9.17, 15) is 9.59 Å². The lowest BCUT2D eigenvalue weighted by Crippen LogP contribution is -2.39. The first-order chi connectivity index (χ1) is 40.4. The van der Waals surface area contributed by atoms with Crippen LogP contribution in [0.25, 0.3) is 0 Å². The fourth-order valence-electron chi connectivity index (χ4n) is 7.87. The van der Waals surface area contributed by atoms with Gasteiger partial charge in [0.05, 0.1) is 79.4 Å². The van der Waals surface area contributed by atoms with Gasteiger partial charge in [-0.15, -0.1) is 0 Å². The molecule has 0 saturated carbocycles. The highest BCUT2D eigenvalue weighted by Crippen LogP contribution is 2.20. The standard InChI is InChI=1S/C22H38NO3.C19H28O5.C15H22O3.C13H16O3/c1-7-20(17-23(3,4)5)10-8-9-19(2)26-16-15-25-18-21-11-13-22(24-6)14-12-21;1-4-17(19(20)21)7-5-6-15(2)24-13-12-23-14-16-8-10-18(22-3)11-9-16;1-4-5-13(2)18-11-10-17-12-14-6-8-15(16-3)9-7-14;1-3-11(2)15-8-9-16-13-6-4-12(10-14)5-7-13/h11-16,19-20H,7-10,17-18H2,1-6H3;8-13,15,17H,4-7,14H2,1-3H3,(H,20,21);6-11,13H,4-5,12H2,1-3H3;4-11H,3H2,1-2H3/q+1;;;/b16-15-;13-12-;11-10-;9-8-. The molecule has 468 valence electrons. The van der Waals surface area contributed by atoms with Gasteiger partial charge in [0.1, 0.15) is 99.2 Å². The van der Waals surface area contributed by atoms with Crippen molar-refractivity contribution in [3.05, 3.63) is 169 Å². The molecule has 84 heavy (non-hydrogen) atoms. The summed E-state index contributed by atoms with van der Waals surface area (Å²) >= 11 is 0. The molecule has 0 spiro atoms. The van der Waals surface area contributed by atoms with E-state index in [1.54, 1.807) is 76.9 Å². The summed E-state index contributed by atoms with van der Waals surface area (Å²) in [5.74, 6) is 3.04. The predicted molar refractivity (Wildman–Crippen MR) is 336 cm³/mol. The molecule has 4 aromatic carbocycles. The molecule has 15 nitrogen and oxygen atoms in total. The first kappa shape index (κ1) is 74.8. The van der Waals surface area contributed by atoms with Crippen LogP contribution in [0.5, 0.6) is 23.0 Å². The minimum Gasteiger partial charge on any atom is -0.497 e. The van der Waals surface area contributed by atoms with E-state index in [1.807, 2.05) is 93.6 Å². The van der Waals surface area contributed by atoms with Crippen LogP contribution in [0.4, 0.5) is 0 Å². The summed E-state index contributed by atoms with van der Waals surface area (Å²) in [5, 5.41) is 9.00. The van der Waals surface area contributed by atoms with Crippen molar-refractivity contribution in [3.63, 3.8) is 0 Å². The topological polar surface area (TPSA) is 156 Å². The van der Waals surface area contributed by atoms with Crippen molar-refractivity contribution in [1.82, 2.24) is 0 Å². The Morgan fingerprint density at radius 1 is 0.464 bits per heavy atom. The molecular weight excluding hydrogens is 1070 g/mol. The Morgan fingerprint density at radius 3 is 1.19 bits per heavy atom. The Bertz CT molecular complexity index is 2350. The predicted octanol–water partition coefficient (Wildman–Crippen LogP) is 16.4. The molecule has 4 aromatic rings. The first-order valence-electron chi connectivity index (χ1n) is 29.6. The molecule has 0 bridgehead atoms. The quantitative estimate of drug-likeness (QED) is 0.0256. The van der Waals surface area contributed by atoms with E-state index in [2.05, 4.69) is 55.8 Å². The molecule has 0 aliphatic heterocycles. The summed E-state index contributed by atoms with van der Waals surface area (Å²) < 4.78 is 59.9.